The van der Waals surface area contributed by atoms with Crippen LogP contribution >= 0.6 is 22.6 Å². The molecule has 0 bridgehead atoms. The molecule has 0 heterocycles. The van der Waals surface area contributed by atoms with Crippen molar-refractivity contribution in [3.63, 3.8) is 0 Å². The second-order valence-electron chi connectivity index (χ2n) is 4.40. The van der Waals surface area contributed by atoms with Crippen molar-refractivity contribution >= 4 is 45.8 Å². The quantitative estimate of drug-likeness (QED) is 0.766. The van der Waals surface area contributed by atoms with Gasteiger partial charge in [0.05, 0.1) is 11.6 Å². The van der Waals surface area contributed by atoms with Crippen LogP contribution in [0.4, 0.5) is 11.4 Å². The van der Waals surface area contributed by atoms with Gasteiger partial charge in [0.25, 0.3) is 5.91 Å². The lowest BCUT2D eigenvalue weighted by Crippen LogP contribution is -2.14. The molecule has 22 heavy (non-hydrogen) atoms. The van der Waals surface area contributed by atoms with E-state index in [1.165, 1.54) is 0 Å². The summed E-state index contributed by atoms with van der Waals surface area (Å²) >= 11 is 2.10. The summed E-state index contributed by atoms with van der Waals surface area (Å²) in [6, 6.07) is 15.8. The van der Waals surface area contributed by atoms with Gasteiger partial charge in [0.2, 0.25) is 5.91 Å². The van der Waals surface area contributed by atoms with Crippen LogP contribution in [-0.4, -0.2) is 11.8 Å². The number of carbonyl (C=O) groups is 2. The second-order valence-corrected chi connectivity index (χ2v) is 5.56. The lowest BCUT2D eigenvalue weighted by atomic mass is 10.2. The molecular weight excluding hydrogens is 393 g/mol. The zero-order valence-electron chi connectivity index (χ0n) is 11.5. The number of hydrogen-bond acceptors (Lipinski definition) is 3. The number of hydrogen-bond donors (Lipinski definition) is 2. The largest absolute Gasteiger partial charge is 0.325 e. The number of nitrogens with zero attached hydrogens (tertiary/aromatic N) is 1. The van der Waals surface area contributed by atoms with Crippen LogP contribution in [0.5, 0.6) is 0 Å². The van der Waals surface area contributed by atoms with Crippen LogP contribution in [0.2, 0.25) is 0 Å². The molecule has 0 radical (unpaired) electrons. The Bertz CT molecular complexity index is 753. The standard InChI is InChI=1S/C16H12IN3O2/c17-14-7-2-1-6-13(14)16(22)20-12-5-3-4-11(10-12)19-15(21)8-9-18/h1-7,10H,8H2,(H,19,21)(H,20,22). The van der Waals surface area contributed by atoms with Crippen molar-refractivity contribution < 1.29 is 9.59 Å². The summed E-state index contributed by atoms with van der Waals surface area (Å²) in [6.07, 6.45) is -0.210. The molecule has 0 fully saturated rings. The molecule has 2 aromatic carbocycles. The molecule has 0 aliphatic rings. The first-order valence-corrected chi connectivity index (χ1v) is 7.51. The van der Waals surface area contributed by atoms with Gasteiger partial charge in [-0.15, -0.1) is 0 Å². The Morgan fingerprint density at radius 1 is 1.05 bits per heavy atom. The fourth-order valence-corrected chi connectivity index (χ4v) is 2.43. The highest BCUT2D eigenvalue weighted by molar-refractivity contribution is 14.1. The molecule has 0 spiro atoms. The fourth-order valence-electron chi connectivity index (χ4n) is 1.80. The summed E-state index contributed by atoms with van der Waals surface area (Å²) in [5, 5.41) is 13.8. The average Bonchev–Trinajstić information content (AvgIpc) is 2.48. The predicted octanol–water partition coefficient (Wildman–Crippen LogP) is 3.40. The number of nitriles is 1. The Morgan fingerprint density at radius 3 is 2.41 bits per heavy atom. The summed E-state index contributed by atoms with van der Waals surface area (Å²) in [6.45, 7) is 0. The Hall–Kier alpha value is -2.40. The van der Waals surface area contributed by atoms with Gasteiger partial charge >= 0.3 is 0 Å². The van der Waals surface area contributed by atoms with Gasteiger partial charge < -0.3 is 10.6 Å². The van der Waals surface area contributed by atoms with Crippen molar-refractivity contribution in [3.05, 3.63) is 57.7 Å². The minimum atomic E-state index is -0.386. The van der Waals surface area contributed by atoms with Gasteiger partial charge in [-0.25, -0.2) is 0 Å². The molecule has 110 valence electrons. The zero-order valence-corrected chi connectivity index (χ0v) is 13.6. The Balaban J connectivity index is 2.11. The molecule has 0 aromatic heterocycles. The van der Waals surface area contributed by atoms with Gasteiger partial charge in [0.15, 0.2) is 0 Å². The number of halogens is 1. The van der Waals surface area contributed by atoms with E-state index >= 15 is 0 Å². The molecule has 0 unspecified atom stereocenters. The van der Waals surface area contributed by atoms with Crippen LogP contribution < -0.4 is 10.6 Å². The van der Waals surface area contributed by atoms with E-state index < -0.39 is 0 Å². The van der Waals surface area contributed by atoms with E-state index in [1.807, 2.05) is 12.1 Å². The SMILES string of the molecule is N#CCC(=O)Nc1cccc(NC(=O)c2ccccc2I)c1. The minimum absolute atomic E-state index is 0.210. The average molecular weight is 405 g/mol. The van der Waals surface area contributed by atoms with Gasteiger partial charge in [-0.2, -0.15) is 5.26 Å². The van der Waals surface area contributed by atoms with E-state index in [2.05, 4.69) is 33.2 Å². The van der Waals surface area contributed by atoms with Gasteiger partial charge in [-0.1, -0.05) is 18.2 Å². The molecule has 0 saturated heterocycles. The maximum absolute atomic E-state index is 12.2. The highest BCUT2D eigenvalue weighted by atomic mass is 127. The number of benzene rings is 2. The number of amides is 2. The number of rotatable bonds is 4. The van der Waals surface area contributed by atoms with Crippen molar-refractivity contribution in [1.29, 1.82) is 5.26 Å². The smallest absolute Gasteiger partial charge is 0.256 e. The molecule has 2 aromatic rings. The van der Waals surface area contributed by atoms with Crippen molar-refractivity contribution in [3.8, 4) is 6.07 Å². The van der Waals surface area contributed by atoms with Crippen molar-refractivity contribution in [2.24, 2.45) is 0 Å². The normalized spacial score (nSPS) is 9.64. The van der Waals surface area contributed by atoms with Crippen LogP contribution in [0, 0.1) is 14.9 Å². The van der Waals surface area contributed by atoms with Gasteiger partial charge in [0, 0.05) is 14.9 Å². The Morgan fingerprint density at radius 2 is 1.73 bits per heavy atom. The number of carbonyl (C=O) groups excluding carboxylic acids is 2. The molecule has 0 aliphatic carbocycles. The van der Waals surface area contributed by atoms with Crippen LogP contribution in [-0.2, 0) is 4.79 Å². The van der Waals surface area contributed by atoms with Crippen LogP contribution in [0.1, 0.15) is 16.8 Å². The van der Waals surface area contributed by atoms with E-state index in [0.717, 1.165) is 3.57 Å². The van der Waals surface area contributed by atoms with E-state index in [4.69, 9.17) is 5.26 Å². The molecule has 5 nitrogen and oxygen atoms in total. The van der Waals surface area contributed by atoms with Gasteiger partial charge in [0.1, 0.15) is 6.42 Å². The van der Waals surface area contributed by atoms with Crippen molar-refractivity contribution in [2.45, 2.75) is 6.42 Å². The second kappa shape index (κ2) is 7.56. The summed E-state index contributed by atoms with van der Waals surface area (Å²) in [4.78, 5) is 23.6. The summed E-state index contributed by atoms with van der Waals surface area (Å²) in [5.74, 6) is -0.603. The van der Waals surface area contributed by atoms with Crippen LogP contribution in [0.15, 0.2) is 48.5 Å². The van der Waals surface area contributed by atoms with Crippen molar-refractivity contribution in [1.82, 2.24) is 0 Å². The highest BCUT2D eigenvalue weighted by Gasteiger charge is 2.10. The minimum Gasteiger partial charge on any atom is -0.325 e. The zero-order chi connectivity index (χ0) is 15.9. The van der Waals surface area contributed by atoms with Gasteiger partial charge in [-0.3, -0.25) is 9.59 Å². The third kappa shape index (κ3) is 4.30. The fraction of sp³-hybridized carbons (Fsp3) is 0.0625. The van der Waals surface area contributed by atoms with E-state index in [1.54, 1.807) is 42.5 Å². The molecule has 0 saturated carbocycles. The molecule has 6 heteroatoms. The third-order valence-electron chi connectivity index (χ3n) is 2.76. The van der Waals surface area contributed by atoms with E-state index in [-0.39, 0.29) is 18.2 Å². The van der Waals surface area contributed by atoms with E-state index in [9.17, 15) is 9.59 Å². The molecular formula is C16H12IN3O2. The van der Waals surface area contributed by atoms with Crippen molar-refractivity contribution in [2.75, 3.05) is 10.6 Å². The van der Waals surface area contributed by atoms with Crippen LogP contribution in [0.25, 0.3) is 0 Å². The lowest BCUT2D eigenvalue weighted by Gasteiger charge is -2.09. The Labute approximate surface area is 141 Å². The first-order valence-electron chi connectivity index (χ1n) is 6.43. The van der Waals surface area contributed by atoms with E-state index in [0.29, 0.717) is 16.9 Å². The number of nitrogens with one attached hydrogen (secondary N) is 2. The molecule has 2 N–H and O–H groups in total. The summed E-state index contributed by atoms with van der Waals surface area (Å²) in [5.41, 5.74) is 1.68. The summed E-state index contributed by atoms with van der Waals surface area (Å²) < 4.78 is 0.857. The monoisotopic (exact) mass is 405 g/mol. The highest BCUT2D eigenvalue weighted by Crippen LogP contribution is 2.18. The third-order valence-corrected chi connectivity index (χ3v) is 3.70. The first-order chi connectivity index (χ1) is 10.6. The maximum Gasteiger partial charge on any atom is 0.256 e. The predicted molar refractivity (Wildman–Crippen MR) is 92.4 cm³/mol. The molecule has 0 atom stereocenters. The van der Waals surface area contributed by atoms with Gasteiger partial charge in [-0.05, 0) is 52.9 Å². The Kier molecular flexibility index (Phi) is 5.49. The maximum atomic E-state index is 12.2. The molecule has 0 aliphatic heterocycles. The first kappa shape index (κ1) is 16.0. The van der Waals surface area contributed by atoms with Crippen LogP contribution in [0.3, 0.4) is 0 Å². The topological polar surface area (TPSA) is 82.0 Å². The molecule has 2 amide bonds. The number of anilines is 2. The molecule has 2 rings (SSSR count). The lowest BCUT2D eigenvalue weighted by molar-refractivity contribution is -0.115. The summed E-state index contributed by atoms with van der Waals surface area (Å²) in [7, 11) is 0.